The van der Waals surface area contributed by atoms with Crippen molar-refractivity contribution in [3.05, 3.63) is 57.2 Å². The molecule has 2 nitrogen and oxygen atoms in total. The summed E-state index contributed by atoms with van der Waals surface area (Å²) in [5, 5.41) is 0. The van der Waals surface area contributed by atoms with Crippen molar-refractivity contribution in [1.82, 2.24) is 9.97 Å². The molecule has 0 spiro atoms. The first-order valence-corrected chi connectivity index (χ1v) is 6.98. The average molecular weight is 350 g/mol. The van der Waals surface area contributed by atoms with Gasteiger partial charge in [-0.3, -0.25) is 0 Å². The molecule has 0 aliphatic carbocycles. The lowest BCUT2D eigenvalue weighted by Gasteiger charge is -2.02. The number of hydrogen-bond donors (Lipinski definition) is 0. The SMILES string of the molecule is CC(C)c1ncc(/C=C/c2ccc(I)cc2)cn1. The number of nitrogens with zero attached hydrogens (tertiary/aromatic N) is 2. The Bertz CT molecular complexity index is 527. The van der Waals surface area contributed by atoms with Crippen molar-refractivity contribution in [3.8, 4) is 0 Å². The van der Waals surface area contributed by atoms with Crippen LogP contribution in [0.4, 0.5) is 0 Å². The van der Waals surface area contributed by atoms with Crippen LogP contribution in [0.15, 0.2) is 36.7 Å². The third-order valence-electron chi connectivity index (χ3n) is 2.55. The van der Waals surface area contributed by atoms with Gasteiger partial charge in [0.1, 0.15) is 5.82 Å². The van der Waals surface area contributed by atoms with E-state index in [-0.39, 0.29) is 0 Å². The predicted molar refractivity (Wildman–Crippen MR) is 84.2 cm³/mol. The Morgan fingerprint density at radius 1 is 0.944 bits per heavy atom. The van der Waals surface area contributed by atoms with E-state index < -0.39 is 0 Å². The van der Waals surface area contributed by atoms with Crippen LogP contribution in [-0.4, -0.2) is 9.97 Å². The van der Waals surface area contributed by atoms with Gasteiger partial charge >= 0.3 is 0 Å². The predicted octanol–water partition coefficient (Wildman–Crippen LogP) is 4.38. The minimum absolute atomic E-state index is 0.374. The molecule has 0 aliphatic heterocycles. The topological polar surface area (TPSA) is 25.8 Å². The number of hydrogen-bond acceptors (Lipinski definition) is 2. The van der Waals surface area contributed by atoms with E-state index in [1.165, 1.54) is 9.13 Å². The van der Waals surface area contributed by atoms with Gasteiger partial charge < -0.3 is 0 Å². The van der Waals surface area contributed by atoms with Crippen molar-refractivity contribution in [3.63, 3.8) is 0 Å². The molecule has 0 aliphatic rings. The Labute approximate surface area is 121 Å². The van der Waals surface area contributed by atoms with E-state index in [4.69, 9.17) is 0 Å². The number of aromatic nitrogens is 2. The standard InChI is InChI=1S/C15H15IN2/c1-11(2)15-17-9-13(10-18-15)4-3-12-5-7-14(16)8-6-12/h3-11H,1-2H3/b4-3+. The molecule has 3 heteroatoms. The fourth-order valence-corrected chi connectivity index (χ4v) is 1.86. The van der Waals surface area contributed by atoms with Crippen molar-refractivity contribution in [2.45, 2.75) is 19.8 Å². The Hall–Kier alpha value is -1.23. The van der Waals surface area contributed by atoms with E-state index in [9.17, 15) is 0 Å². The van der Waals surface area contributed by atoms with E-state index in [1.54, 1.807) is 0 Å². The summed E-state index contributed by atoms with van der Waals surface area (Å²) >= 11 is 2.30. The monoisotopic (exact) mass is 350 g/mol. The summed E-state index contributed by atoms with van der Waals surface area (Å²) in [5.74, 6) is 1.26. The minimum atomic E-state index is 0.374. The van der Waals surface area contributed by atoms with Gasteiger partial charge in [0.25, 0.3) is 0 Å². The molecule has 0 unspecified atom stereocenters. The Morgan fingerprint density at radius 3 is 2.06 bits per heavy atom. The second kappa shape index (κ2) is 6.09. The highest BCUT2D eigenvalue weighted by atomic mass is 127. The summed E-state index contributed by atoms with van der Waals surface area (Å²) in [4.78, 5) is 8.68. The van der Waals surface area contributed by atoms with Crippen LogP contribution in [0.2, 0.25) is 0 Å². The minimum Gasteiger partial charge on any atom is -0.240 e. The molecule has 18 heavy (non-hydrogen) atoms. The van der Waals surface area contributed by atoms with E-state index in [0.29, 0.717) is 5.92 Å². The molecule has 0 bridgehead atoms. The molecule has 1 heterocycles. The molecule has 0 saturated carbocycles. The fraction of sp³-hybridized carbons (Fsp3) is 0.200. The molecule has 0 N–H and O–H groups in total. The molecule has 1 aromatic heterocycles. The highest BCUT2D eigenvalue weighted by Crippen LogP contribution is 2.12. The molecule has 0 atom stereocenters. The molecule has 92 valence electrons. The third-order valence-corrected chi connectivity index (χ3v) is 3.27. The number of benzene rings is 1. The van der Waals surface area contributed by atoms with Crippen LogP contribution in [0.25, 0.3) is 12.2 Å². The maximum absolute atomic E-state index is 4.34. The van der Waals surface area contributed by atoms with Gasteiger partial charge in [-0.25, -0.2) is 9.97 Å². The molecule has 2 rings (SSSR count). The van der Waals surface area contributed by atoms with E-state index >= 15 is 0 Å². The van der Waals surface area contributed by atoms with Crippen LogP contribution < -0.4 is 0 Å². The Balaban J connectivity index is 2.11. The summed E-state index contributed by atoms with van der Waals surface area (Å²) in [6.07, 6.45) is 7.84. The van der Waals surface area contributed by atoms with Gasteiger partial charge in [-0.15, -0.1) is 0 Å². The zero-order valence-corrected chi connectivity index (χ0v) is 12.6. The van der Waals surface area contributed by atoms with Crippen molar-refractivity contribution in [2.24, 2.45) is 0 Å². The van der Waals surface area contributed by atoms with Gasteiger partial charge in [0.15, 0.2) is 0 Å². The summed E-state index contributed by atoms with van der Waals surface area (Å²) < 4.78 is 1.24. The van der Waals surface area contributed by atoms with Crippen LogP contribution in [0.1, 0.15) is 36.7 Å². The highest BCUT2D eigenvalue weighted by molar-refractivity contribution is 14.1. The Kier molecular flexibility index (Phi) is 4.47. The normalized spacial score (nSPS) is 11.3. The van der Waals surface area contributed by atoms with E-state index in [0.717, 1.165) is 11.4 Å². The summed E-state index contributed by atoms with van der Waals surface area (Å²) in [6, 6.07) is 8.39. The first-order chi connectivity index (χ1) is 8.65. The van der Waals surface area contributed by atoms with Crippen LogP contribution in [0.3, 0.4) is 0 Å². The molecule has 0 radical (unpaired) electrons. The first-order valence-electron chi connectivity index (χ1n) is 5.91. The molecule has 2 aromatic rings. The van der Waals surface area contributed by atoms with Gasteiger partial charge in [0.05, 0.1) is 0 Å². The van der Waals surface area contributed by atoms with Gasteiger partial charge in [0, 0.05) is 27.4 Å². The number of halogens is 1. The second-order valence-electron chi connectivity index (χ2n) is 4.41. The van der Waals surface area contributed by atoms with Crippen LogP contribution in [0.5, 0.6) is 0 Å². The smallest absolute Gasteiger partial charge is 0.130 e. The van der Waals surface area contributed by atoms with Crippen molar-refractivity contribution >= 4 is 34.7 Å². The van der Waals surface area contributed by atoms with Crippen molar-refractivity contribution < 1.29 is 0 Å². The van der Waals surface area contributed by atoms with E-state index in [2.05, 4.69) is 76.7 Å². The zero-order valence-electron chi connectivity index (χ0n) is 10.5. The maximum Gasteiger partial charge on any atom is 0.130 e. The Morgan fingerprint density at radius 2 is 1.50 bits per heavy atom. The lowest BCUT2D eigenvalue weighted by Crippen LogP contribution is -1.96. The van der Waals surface area contributed by atoms with Gasteiger partial charge in [-0.05, 0) is 40.3 Å². The molecular weight excluding hydrogens is 335 g/mol. The van der Waals surface area contributed by atoms with Gasteiger partial charge in [-0.1, -0.05) is 38.1 Å². The largest absolute Gasteiger partial charge is 0.240 e. The quantitative estimate of drug-likeness (QED) is 0.768. The van der Waals surface area contributed by atoms with Crippen LogP contribution in [0, 0.1) is 3.57 Å². The zero-order chi connectivity index (χ0) is 13.0. The third kappa shape index (κ3) is 3.63. The molecule has 1 aromatic carbocycles. The lowest BCUT2D eigenvalue weighted by molar-refractivity contribution is 0.773. The number of rotatable bonds is 3. The van der Waals surface area contributed by atoms with Gasteiger partial charge in [0.2, 0.25) is 0 Å². The summed E-state index contributed by atoms with van der Waals surface area (Å²) in [6.45, 7) is 4.19. The second-order valence-corrected chi connectivity index (χ2v) is 5.66. The average Bonchev–Trinajstić information content (AvgIpc) is 2.38. The van der Waals surface area contributed by atoms with Crippen molar-refractivity contribution in [1.29, 1.82) is 0 Å². The summed E-state index contributed by atoms with van der Waals surface area (Å²) in [7, 11) is 0. The van der Waals surface area contributed by atoms with E-state index in [1.807, 2.05) is 18.5 Å². The molecule has 0 saturated heterocycles. The maximum atomic E-state index is 4.34. The first kappa shape index (κ1) is 13.2. The molecule has 0 fully saturated rings. The lowest BCUT2D eigenvalue weighted by atomic mass is 10.2. The highest BCUT2D eigenvalue weighted by Gasteiger charge is 2.00. The fourth-order valence-electron chi connectivity index (χ4n) is 1.50. The van der Waals surface area contributed by atoms with Gasteiger partial charge in [-0.2, -0.15) is 0 Å². The molecular formula is C15H15IN2. The molecule has 0 amide bonds. The van der Waals surface area contributed by atoms with Crippen molar-refractivity contribution in [2.75, 3.05) is 0 Å². The summed E-state index contributed by atoms with van der Waals surface area (Å²) in [5.41, 5.74) is 2.21. The van der Waals surface area contributed by atoms with Crippen LogP contribution in [-0.2, 0) is 0 Å². The van der Waals surface area contributed by atoms with Crippen LogP contribution >= 0.6 is 22.6 Å².